The molecular weight excluding hydrogens is 295 g/mol. The molecule has 1 aromatic carbocycles. The summed E-state index contributed by atoms with van der Waals surface area (Å²) in [7, 11) is 0. The van der Waals surface area contributed by atoms with E-state index in [1.54, 1.807) is 24.5 Å². The van der Waals surface area contributed by atoms with Crippen molar-refractivity contribution < 1.29 is 4.74 Å². The zero-order chi connectivity index (χ0) is 14.4. The van der Waals surface area contributed by atoms with Gasteiger partial charge in [0.15, 0.2) is 0 Å². The second-order valence-corrected chi connectivity index (χ2v) is 5.24. The Morgan fingerprint density at radius 2 is 2.00 bits per heavy atom. The second kappa shape index (κ2) is 7.48. The number of rotatable bonds is 6. The summed E-state index contributed by atoms with van der Waals surface area (Å²) >= 11 is 11.9. The lowest BCUT2D eigenvalue weighted by Crippen LogP contribution is -2.14. The quantitative estimate of drug-likeness (QED) is 0.787. The first-order chi connectivity index (χ1) is 9.69. The molecule has 0 bridgehead atoms. The molecule has 20 heavy (non-hydrogen) atoms. The number of nitrogens with one attached hydrogen (secondary N) is 1. The van der Waals surface area contributed by atoms with Gasteiger partial charge in [-0.25, -0.2) is 0 Å². The number of hydrogen-bond donors (Lipinski definition) is 1. The Kier molecular flexibility index (Phi) is 5.65. The lowest BCUT2D eigenvalue weighted by Gasteiger charge is -2.12. The van der Waals surface area contributed by atoms with Crippen LogP contribution in [0.25, 0.3) is 0 Å². The molecule has 0 aliphatic heterocycles. The predicted molar refractivity (Wildman–Crippen MR) is 82.8 cm³/mol. The number of aromatic nitrogens is 1. The van der Waals surface area contributed by atoms with Gasteiger partial charge >= 0.3 is 0 Å². The first kappa shape index (κ1) is 15.1. The largest absolute Gasteiger partial charge is 0.455 e. The summed E-state index contributed by atoms with van der Waals surface area (Å²) in [6.45, 7) is 3.82. The van der Waals surface area contributed by atoms with Gasteiger partial charge in [-0.15, -0.1) is 0 Å². The van der Waals surface area contributed by atoms with Gasteiger partial charge in [0.1, 0.15) is 11.5 Å². The molecule has 3 nitrogen and oxygen atoms in total. The van der Waals surface area contributed by atoms with Crippen LogP contribution in [0.2, 0.25) is 10.0 Å². The normalized spacial score (nSPS) is 10.6. The van der Waals surface area contributed by atoms with Crippen LogP contribution in [0.3, 0.4) is 0 Å². The van der Waals surface area contributed by atoms with Crippen molar-refractivity contribution in [3.63, 3.8) is 0 Å². The van der Waals surface area contributed by atoms with Crippen molar-refractivity contribution in [1.82, 2.24) is 10.3 Å². The Bertz CT molecular complexity index is 576. The predicted octanol–water partition coefficient (Wildman–Crippen LogP) is 4.68. The Balaban J connectivity index is 2.18. The highest BCUT2D eigenvalue weighted by atomic mass is 35.5. The van der Waals surface area contributed by atoms with Crippen LogP contribution in [-0.4, -0.2) is 11.5 Å². The van der Waals surface area contributed by atoms with Crippen LogP contribution in [-0.2, 0) is 6.54 Å². The van der Waals surface area contributed by atoms with Crippen molar-refractivity contribution in [2.75, 3.05) is 6.54 Å². The standard InChI is InChI=1S/C15H16Cl2N2O/c1-2-5-18-8-11-3-4-12(16)7-15(11)20-14-6-13(17)9-19-10-14/h3-4,6-7,9-10,18H,2,5,8H2,1H3. The topological polar surface area (TPSA) is 34.1 Å². The lowest BCUT2D eigenvalue weighted by molar-refractivity contribution is 0.470. The van der Waals surface area contributed by atoms with Gasteiger partial charge in [0.05, 0.1) is 11.2 Å². The van der Waals surface area contributed by atoms with Gasteiger partial charge in [-0.2, -0.15) is 0 Å². The molecule has 1 N–H and O–H groups in total. The van der Waals surface area contributed by atoms with Gasteiger partial charge in [-0.1, -0.05) is 36.2 Å². The van der Waals surface area contributed by atoms with Crippen LogP contribution in [0.5, 0.6) is 11.5 Å². The first-order valence-corrected chi connectivity index (χ1v) is 7.22. The molecule has 0 unspecified atom stereocenters. The molecule has 106 valence electrons. The highest BCUT2D eigenvalue weighted by molar-refractivity contribution is 6.31. The van der Waals surface area contributed by atoms with Gasteiger partial charge in [0.2, 0.25) is 0 Å². The third-order valence-electron chi connectivity index (χ3n) is 2.68. The van der Waals surface area contributed by atoms with Gasteiger partial charge in [-0.05, 0) is 25.1 Å². The van der Waals surface area contributed by atoms with Crippen LogP contribution in [0.4, 0.5) is 0 Å². The van der Waals surface area contributed by atoms with Gasteiger partial charge in [-0.3, -0.25) is 4.98 Å². The van der Waals surface area contributed by atoms with E-state index in [1.807, 2.05) is 12.1 Å². The van der Waals surface area contributed by atoms with E-state index in [0.717, 1.165) is 25.1 Å². The average Bonchev–Trinajstić information content (AvgIpc) is 2.41. The zero-order valence-electron chi connectivity index (χ0n) is 11.2. The molecule has 1 aromatic heterocycles. The van der Waals surface area contributed by atoms with E-state index in [2.05, 4.69) is 17.2 Å². The molecule has 2 rings (SSSR count). The fourth-order valence-electron chi connectivity index (χ4n) is 1.74. The van der Waals surface area contributed by atoms with E-state index in [4.69, 9.17) is 27.9 Å². The third-order valence-corrected chi connectivity index (χ3v) is 3.12. The minimum atomic E-state index is 0.537. The minimum Gasteiger partial charge on any atom is -0.455 e. The van der Waals surface area contributed by atoms with E-state index in [9.17, 15) is 0 Å². The monoisotopic (exact) mass is 310 g/mol. The summed E-state index contributed by atoms with van der Waals surface area (Å²) in [6.07, 6.45) is 4.27. The maximum absolute atomic E-state index is 6.03. The zero-order valence-corrected chi connectivity index (χ0v) is 12.7. The number of hydrogen-bond acceptors (Lipinski definition) is 3. The van der Waals surface area contributed by atoms with Gasteiger partial charge in [0, 0.05) is 29.4 Å². The summed E-state index contributed by atoms with van der Waals surface area (Å²) in [4.78, 5) is 4.00. The molecule has 0 spiro atoms. The van der Waals surface area contributed by atoms with E-state index < -0.39 is 0 Å². The number of benzene rings is 1. The van der Waals surface area contributed by atoms with Gasteiger partial charge < -0.3 is 10.1 Å². The second-order valence-electron chi connectivity index (χ2n) is 4.37. The molecule has 0 aliphatic carbocycles. The Morgan fingerprint density at radius 3 is 2.75 bits per heavy atom. The van der Waals surface area contributed by atoms with Crippen molar-refractivity contribution in [1.29, 1.82) is 0 Å². The fraction of sp³-hybridized carbons (Fsp3) is 0.267. The highest BCUT2D eigenvalue weighted by Gasteiger charge is 2.07. The highest BCUT2D eigenvalue weighted by Crippen LogP contribution is 2.29. The van der Waals surface area contributed by atoms with E-state index in [-0.39, 0.29) is 0 Å². The van der Waals surface area contributed by atoms with Crippen molar-refractivity contribution in [2.45, 2.75) is 19.9 Å². The van der Waals surface area contributed by atoms with Crippen LogP contribution in [0.15, 0.2) is 36.7 Å². The van der Waals surface area contributed by atoms with Crippen molar-refractivity contribution in [2.24, 2.45) is 0 Å². The molecule has 0 radical (unpaired) electrons. The minimum absolute atomic E-state index is 0.537. The van der Waals surface area contributed by atoms with E-state index in [1.165, 1.54) is 0 Å². The molecule has 0 saturated carbocycles. The van der Waals surface area contributed by atoms with E-state index >= 15 is 0 Å². The summed E-state index contributed by atoms with van der Waals surface area (Å²) in [6, 6.07) is 7.33. The van der Waals surface area contributed by atoms with Crippen LogP contribution < -0.4 is 10.1 Å². The van der Waals surface area contributed by atoms with Crippen molar-refractivity contribution in [3.05, 3.63) is 52.3 Å². The first-order valence-electron chi connectivity index (χ1n) is 6.46. The summed E-state index contributed by atoms with van der Waals surface area (Å²) < 4.78 is 5.83. The average molecular weight is 311 g/mol. The number of pyridine rings is 1. The molecule has 2 aromatic rings. The lowest BCUT2D eigenvalue weighted by atomic mass is 10.2. The van der Waals surface area contributed by atoms with E-state index in [0.29, 0.717) is 21.5 Å². The van der Waals surface area contributed by atoms with Crippen LogP contribution in [0.1, 0.15) is 18.9 Å². The SMILES string of the molecule is CCCNCc1ccc(Cl)cc1Oc1cncc(Cl)c1. The maximum atomic E-state index is 6.03. The fourth-order valence-corrected chi connectivity index (χ4v) is 2.07. The van der Waals surface area contributed by atoms with Crippen molar-refractivity contribution >= 4 is 23.2 Å². The summed E-state index contributed by atoms with van der Waals surface area (Å²) in [5.41, 5.74) is 1.04. The van der Waals surface area contributed by atoms with Gasteiger partial charge in [0.25, 0.3) is 0 Å². The molecule has 0 saturated heterocycles. The van der Waals surface area contributed by atoms with Crippen LogP contribution in [0, 0.1) is 0 Å². The molecule has 1 heterocycles. The molecule has 0 aliphatic rings. The van der Waals surface area contributed by atoms with Crippen molar-refractivity contribution in [3.8, 4) is 11.5 Å². The Morgan fingerprint density at radius 1 is 1.15 bits per heavy atom. The number of nitrogens with zero attached hydrogens (tertiary/aromatic N) is 1. The Labute approximate surface area is 128 Å². The smallest absolute Gasteiger partial charge is 0.147 e. The number of ether oxygens (including phenoxy) is 1. The molecule has 0 atom stereocenters. The number of halogens is 2. The molecule has 0 amide bonds. The molecule has 0 fully saturated rings. The summed E-state index contributed by atoms with van der Waals surface area (Å²) in [5.74, 6) is 1.31. The van der Waals surface area contributed by atoms with Crippen LogP contribution >= 0.6 is 23.2 Å². The molecular formula is C15H16Cl2N2O. The summed E-state index contributed by atoms with van der Waals surface area (Å²) in [5, 5.41) is 4.51. The third kappa shape index (κ3) is 4.37. The maximum Gasteiger partial charge on any atom is 0.147 e. The Hall–Kier alpha value is -1.29. The molecule has 5 heteroatoms.